The van der Waals surface area contributed by atoms with Crippen LogP contribution in [0.5, 0.6) is 0 Å². The third-order valence-electron chi connectivity index (χ3n) is 4.58. The Kier molecular flexibility index (Phi) is 6.60. The number of thiocarbonyl (C=S) groups is 1. The summed E-state index contributed by atoms with van der Waals surface area (Å²) in [5, 5.41) is 7.37. The van der Waals surface area contributed by atoms with Gasteiger partial charge < -0.3 is 10.6 Å². The van der Waals surface area contributed by atoms with Crippen LogP contribution in [0.15, 0.2) is 54.6 Å². The second kappa shape index (κ2) is 8.48. The van der Waals surface area contributed by atoms with E-state index >= 15 is 0 Å². The van der Waals surface area contributed by atoms with Gasteiger partial charge in [-0.05, 0) is 60.2 Å². The molecular formula is C22H30N2S. The average molecular weight is 355 g/mol. The van der Waals surface area contributed by atoms with Crippen LogP contribution in [0.25, 0.3) is 0 Å². The Morgan fingerprint density at radius 3 is 2.12 bits per heavy atom. The molecule has 1 unspecified atom stereocenters. The summed E-state index contributed by atoms with van der Waals surface area (Å²) in [4.78, 5) is 0. The highest BCUT2D eigenvalue weighted by Crippen LogP contribution is 2.28. The summed E-state index contributed by atoms with van der Waals surface area (Å²) in [6, 6.07) is 19.4. The quantitative estimate of drug-likeness (QED) is 0.636. The molecule has 0 bridgehead atoms. The van der Waals surface area contributed by atoms with Gasteiger partial charge in [-0.3, -0.25) is 0 Å². The molecule has 0 saturated heterocycles. The lowest BCUT2D eigenvalue weighted by Gasteiger charge is -2.29. The highest BCUT2D eigenvalue weighted by molar-refractivity contribution is 7.80. The minimum atomic E-state index is 0.0994. The van der Waals surface area contributed by atoms with Crippen molar-refractivity contribution in [3.63, 3.8) is 0 Å². The van der Waals surface area contributed by atoms with Crippen LogP contribution >= 0.6 is 12.2 Å². The highest BCUT2D eigenvalue weighted by atomic mass is 32.1. The molecule has 0 fully saturated rings. The number of hydrogen-bond donors (Lipinski definition) is 2. The van der Waals surface area contributed by atoms with Crippen LogP contribution < -0.4 is 10.6 Å². The summed E-state index contributed by atoms with van der Waals surface area (Å²) in [5.74, 6) is 0.541. The molecule has 2 N–H and O–H groups in total. The Morgan fingerprint density at radius 1 is 0.960 bits per heavy atom. The first-order valence-electron chi connectivity index (χ1n) is 9.01. The van der Waals surface area contributed by atoms with Crippen molar-refractivity contribution in [2.45, 2.75) is 58.4 Å². The number of rotatable bonds is 6. The summed E-state index contributed by atoms with van der Waals surface area (Å²) < 4.78 is 0. The molecule has 0 radical (unpaired) electrons. The van der Waals surface area contributed by atoms with E-state index in [0.717, 1.165) is 12.1 Å². The van der Waals surface area contributed by atoms with Crippen LogP contribution in [-0.4, -0.2) is 11.2 Å². The smallest absolute Gasteiger partial charge is 0.170 e. The Hall–Kier alpha value is -1.87. The van der Waals surface area contributed by atoms with E-state index in [9.17, 15) is 0 Å². The van der Waals surface area contributed by atoms with Crippen molar-refractivity contribution in [1.82, 2.24) is 5.32 Å². The van der Waals surface area contributed by atoms with E-state index in [2.05, 4.69) is 99.8 Å². The number of hydrogen-bond acceptors (Lipinski definition) is 1. The van der Waals surface area contributed by atoms with Crippen LogP contribution in [0, 0.1) is 0 Å². The molecule has 0 aromatic heterocycles. The summed E-state index contributed by atoms with van der Waals surface area (Å²) in [6.45, 7) is 11.1. The number of anilines is 1. The van der Waals surface area contributed by atoms with Crippen LogP contribution in [0.3, 0.4) is 0 Å². The van der Waals surface area contributed by atoms with E-state index in [0.29, 0.717) is 11.0 Å². The predicted molar refractivity (Wildman–Crippen MR) is 113 cm³/mol. The highest BCUT2D eigenvalue weighted by Gasteiger charge is 2.23. The lowest BCUT2D eigenvalue weighted by molar-refractivity contribution is 0.420. The normalized spacial score (nSPS) is 12.7. The third-order valence-corrected chi connectivity index (χ3v) is 4.80. The van der Waals surface area contributed by atoms with Crippen molar-refractivity contribution in [3.05, 3.63) is 65.7 Å². The van der Waals surface area contributed by atoms with Crippen LogP contribution in [0.4, 0.5) is 5.69 Å². The first-order valence-corrected chi connectivity index (χ1v) is 9.42. The molecule has 0 saturated carbocycles. The Labute approximate surface area is 158 Å². The van der Waals surface area contributed by atoms with Gasteiger partial charge >= 0.3 is 0 Å². The molecule has 0 heterocycles. The lowest BCUT2D eigenvalue weighted by Crippen LogP contribution is -2.39. The van der Waals surface area contributed by atoms with Gasteiger partial charge in [0.2, 0.25) is 0 Å². The molecule has 2 aromatic rings. The van der Waals surface area contributed by atoms with Gasteiger partial charge in [-0.1, -0.05) is 70.2 Å². The van der Waals surface area contributed by atoms with E-state index in [1.807, 2.05) is 0 Å². The topological polar surface area (TPSA) is 24.1 Å². The van der Waals surface area contributed by atoms with Crippen LogP contribution in [0.1, 0.15) is 58.1 Å². The van der Waals surface area contributed by atoms with Gasteiger partial charge in [0.05, 0.1) is 0 Å². The van der Waals surface area contributed by atoms with Gasteiger partial charge in [0.25, 0.3) is 0 Å². The molecule has 0 aliphatic heterocycles. The van der Waals surface area contributed by atoms with Crippen molar-refractivity contribution in [3.8, 4) is 0 Å². The standard InChI is InChI=1S/C22H30N2S/c1-16(2)18-11-13-20(14-12-18)24-21(25)23-17(3)15-22(4,5)19-9-7-6-8-10-19/h6-14,16-17H,15H2,1-5H3,(H2,23,24,25). The Bertz CT molecular complexity index is 675. The van der Waals surface area contributed by atoms with Crippen molar-refractivity contribution in [2.75, 3.05) is 5.32 Å². The molecule has 134 valence electrons. The largest absolute Gasteiger partial charge is 0.360 e. The van der Waals surface area contributed by atoms with Crippen molar-refractivity contribution in [2.24, 2.45) is 0 Å². The summed E-state index contributed by atoms with van der Waals surface area (Å²) in [7, 11) is 0. The maximum atomic E-state index is 5.48. The maximum absolute atomic E-state index is 5.48. The minimum Gasteiger partial charge on any atom is -0.360 e. The van der Waals surface area contributed by atoms with E-state index < -0.39 is 0 Å². The van der Waals surface area contributed by atoms with E-state index in [1.165, 1.54) is 11.1 Å². The van der Waals surface area contributed by atoms with E-state index in [1.54, 1.807) is 0 Å². The molecule has 0 aliphatic carbocycles. The fourth-order valence-electron chi connectivity index (χ4n) is 3.17. The van der Waals surface area contributed by atoms with Gasteiger partial charge in [0.15, 0.2) is 5.11 Å². The summed E-state index contributed by atoms with van der Waals surface area (Å²) in [5.41, 5.74) is 3.81. The second-order valence-corrected chi connectivity index (χ2v) is 8.14. The molecular weight excluding hydrogens is 324 g/mol. The fourth-order valence-corrected chi connectivity index (χ4v) is 3.49. The van der Waals surface area contributed by atoms with Gasteiger partial charge in [0.1, 0.15) is 0 Å². The number of nitrogens with one attached hydrogen (secondary N) is 2. The molecule has 2 aromatic carbocycles. The molecule has 1 atom stereocenters. The van der Waals surface area contributed by atoms with Crippen molar-refractivity contribution < 1.29 is 0 Å². The van der Waals surface area contributed by atoms with Gasteiger partial charge in [-0.2, -0.15) is 0 Å². The molecule has 0 spiro atoms. The van der Waals surface area contributed by atoms with Gasteiger partial charge in [0, 0.05) is 11.7 Å². The Morgan fingerprint density at radius 2 is 1.56 bits per heavy atom. The fraction of sp³-hybridized carbons (Fsp3) is 0.409. The van der Waals surface area contributed by atoms with Gasteiger partial charge in [-0.15, -0.1) is 0 Å². The van der Waals surface area contributed by atoms with Gasteiger partial charge in [-0.25, -0.2) is 0 Å². The summed E-state index contributed by atoms with van der Waals surface area (Å²) in [6.07, 6.45) is 1.01. The molecule has 0 aliphatic rings. The monoisotopic (exact) mass is 354 g/mol. The van der Waals surface area contributed by atoms with E-state index in [4.69, 9.17) is 12.2 Å². The molecule has 0 amide bonds. The minimum absolute atomic E-state index is 0.0994. The first kappa shape index (κ1) is 19.5. The average Bonchev–Trinajstić information content (AvgIpc) is 2.55. The van der Waals surface area contributed by atoms with Crippen LogP contribution in [-0.2, 0) is 5.41 Å². The lowest BCUT2D eigenvalue weighted by atomic mass is 9.79. The zero-order valence-electron chi connectivity index (χ0n) is 16.0. The third kappa shape index (κ3) is 5.86. The van der Waals surface area contributed by atoms with Crippen LogP contribution in [0.2, 0.25) is 0 Å². The molecule has 2 rings (SSSR count). The zero-order valence-corrected chi connectivity index (χ0v) is 16.8. The molecule has 3 heteroatoms. The van der Waals surface area contributed by atoms with Crippen molar-refractivity contribution in [1.29, 1.82) is 0 Å². The number of benzene rings is 2. The molecule has 2 nitrogen and oxygen atoms in total. The zero-order chi connectivity index (χ0) is 18.4. The SMILES string of the molecule is CC(CC(C)(C)c1ccccc1)NC(=S)Nc1ccc(C(C)C)cc1. The first-order chi connectivity index (χ1) is 11.8. The van der Waals surface area contributed by atoms with E-state index in [-0.39, 0.29) is 11.5 Å². The Balaban J connectivity index is 1.89. The summed E-state index contributed by atoms with van der Waals surface area (Å²) >= 11 is 5.48. The second-order valence-electron chi connectivity index (χ2n) is 7.73. The maximum Gasteiger partial charge on any atom is 0.170 e. The van der Waals surface area contributed by atoms with Crippen molar-refractivity contribution >= 4 is 23.0 Å². The molecule has 25 heavy (non-hydrogen) atoms. The predicted octanol–water partition coefficient (Wildman–Crippen LogP) is 5.85.